The third-order valence-corrected chi connectivity index (χ3v) is 8.80. The van der Waals surface area contributed by atoms with E-state index < -0.39 is 5.54 Å². The third-order valence-electron chi connectivity index (χ3n) is 8.80. The molecule has 1 aliphatic heterocycles. The molecule has 5 heterocycles. The number of nitrogens with zero attached hydrogens (tertiary/aromatic N) is 4. The number of halogens is 1. The number of aryl methyl sites for hydroxylation is 1. The molecule has 10 nitrogen and oxygen atoms in total. The summed E-state index contributed by atoms with van der Waals surface area (Å²) in [5.41, 5.74) is 3.82. The summed E-state index contributed by atoms with van der Waals surface area (Å²) >= 11 is 0. The summed E-state index contributed by atoms with van der Waals surface area (Å²) in [4.78, 5) is 16.3. The summed E-state index contributed by atoms with van der Waals surface area (Å²) in [5, 5.41) is 14.2. The smallest absolute Gasteiger partial charge is 0.245 e. The molecule has 1 aliphatic carbocycles. The highest BCUT2D eigenvalue weighted by Gasteiger charge is 2.49. The van der Waals surface area contributed by atoms with E-state index in [1.807, 2.05) is 12.1 Å². The van der Waals surface area contributed by atoms with Crippen molar-refractivity contribution in [1.82, 2.24) is 35.5 Å². The number of aromatic nitrogens is 6. The average Bonchev–Trinajstić information content (AvgIpc) is 3.81. The zero-order valence-corrected chi connectivity index (χ0v) is 24.5. The Kier molecular flexibility index (Phi) is 7.54. The van der Waals surface area contributed by atoms with Crippen LogP contribution in [0.15, 0.2) is 47.0 Å². The Bertz CT molecular complexity index is 1720. The fourth-order valence-electron chi connectivity index (χ4n) is 6.54. The molecular formula is C32H36FN7O3. The summed E-state index contributed by atoms with van der Waals surface area (Å²) in [6.45, 7) is 2.76. The largest absolute Gasteiger partial charge is 0.422 e. The molecule has 5 aromatic rings. The van der Waals surface area contributed by atoms with E-state index in [4.69, 9.17) is 18.9 Å². The summed E-state index contributed by atoms with van der Waals surface area (Å²) in [5.74, 6) is 1.80. The van der Waals surface area contributed by atoms with Crippen LogP contribution in [0.2, 0.25) is 0 Å². The second-order valence-corrected chi connectivity index (χ2v) is 11.6. The Balaban J connectivity index is 1.33. The van der Waals surface area contributed by atoms with Crippen LogP contribution in [0.1, 0.15) is 78.6 Å². The van der Waals surface area contributed by atoms with E-state index in [0.717, 1.165) is 40.8 Å². The van der Waals surface area contributed by atoms with Crippen molar-refractivity contribution in [2.75, 3.05) is 26.9 Å². The molecule has 2 aliphatic rings. The van der Waals surface area contributed by atoms with Gasteiger partial charge in [-0.05, 0) is 49.9 Å². The quantitative estimate of drug-likeness (QED) is 0.190. The molecule has 43 heavy (non-hydrogen) atoms. The minimum atomic E-state index is -0.970. The zero-order chi connectivity index (χ0) is 29.4. The Labute approximate surface area is 248 Å². The standard InChI is InChI=1S/C32H36FN7O3/c1-19-23(33)12-13-25(35-19)27-17-34-29(37-27)26-16-22-21-10-6-7-11-24(21)36-28(22)32(38-26,18-42-15-14-41-2)31-40-39-30(43-31)20-8-4-3-5-9-20/h6-7,10-13,17,20,26,36,38H,3-5,8-9,14-16,18H2,1-2H3,(H,34,37)/t26-,32?/m1/s1. The fraction of sp³-hybridized carbons (Fsp3) is 0.438. The normalized spacial score (nSPS) is 21.0. The van der Waals surface area contributed by atoms with Crippen LogP contribution < -0.4 is 5.32 Å². The maximum atomic E-state index is 13.9. The van der Waals surface area contributed by atoms with Gasteiger partial charge in [-0.15, -0.1) is 10.2 Å². The molecule has 1 unspecified atom stereocenters. The highest BCUT2D eigenvalue weighted by atomic mass is 19.1. The van der Waals surface area contributed by atoms with Crippen molar-refractivity contribution >= 4 is 10.9 Å². The molecule has 1 saturated carbocycles. The Morgan fingerprint density at radius 3 is 2.74 bits per heavy atom. The van der Waals surface area contributed by atoms with E-state index in [1.54, 1.807) is 26.3 Å². The summed E-state index contributed by atoms with van der Waals surface area (Å²) < 4.78 is 32.0. The van der Waals surface area contributed by atoms with Crippen LogP contribution in [0.3, 0.4) is 0 Å². The predicted octanol–water partition coefficient (Wildman–Crippen LogP) is 5.62. The number of benzene rings is 1. The molecule has 0 amide bonds. The molecule has 11 heteroatoms. The minimum Gasteiger partial charge on any atom is -0.422 e. The minimum absolute atomic E-state index is 0.241. The van der Waals surface area contributed by atoms with Crippen molar-refractivity contribution in [2.45, 2.75) is 62.9 Å². The summed E-state index contributed by atoms with van der Waals surface area (Å²) in [6, 6.07) is 11.1. The van der Waals surface area contributed by atoms with Gasteiger partial charge in [0.1, 0.15) is 11.6 Å². The fourth-order valence-corrected chi connectivity index (χ4v) is 6.54. The highest BCUT2D eigenvalue weighted by molar-refractivity contribution is 5.85. The van der Waals surface area contributed by atoms with Gasteiger partial charge in [0.2, 0.25) is 11.8 Å². The van der Waals surface area contributed by atoms with Gasteiger partial charge in [0, 0.05) is 23.9 Å². The summed E-state index contributed by atoms with van der Waals surface area (Å²) in [6.07, 6.45) is 8.09. The van der Waals surface area contributed by atoms with Gasteiger partial charge >= 0.3 is 0 Å². The Morgan fingerprint density at radius 1 is 1.05 bits per heavy atom. The molecule has 0 bridgehead atoms. The molecule has 2 atom stereocenters. The van der Waals surface area contributed by atoms with Crippen LogP contribution in [-0.4, -0.2) is 57.1 Å². The lowest BCUT2D eigenvalue weighted by molar-refractivity contribution is 0.0268. The number of fused-ring (bicyclic) bond motifs is 3. The number of nitrogens with one attached hydrogen (secondary N) is 3. The van der Waals surface area contributed by atoms with E-state index >= 15 is 0 Å². The molecule has 1 aromatic carbocycles. The first-order valence-electron chi connectivity index (χ1n) is 15.0. The zero-order valence-electron chi connectivity index (χ0n) is 24.5. The number of hydrogen-bond donors (Lipinski definition) is 3. The molecule has 3 N–H and O–H groups in total. The van der Waals surface area contributed by atoms with Crippen molar-refractivity contribution in [3.05, 3.63) is 83.0 Å². The highest BCUT2D eigenvalue weighted by Crippen LogP contribution is 2.43. The maximum Gasteiger partial charge on any atom is 0.245 e. The maximum absolute atomic E-state index is 13.9. The van der Waals surface area contributed by atoms with Crippen molar-refractivity contribution in [3.63, 3.8) is 0 Å². The van der Waals surface area contributed by atoms with Gasteiger partial charge in [-0.1, -0.05) is 37.5 Å². The molecule has 0 spiro atoms. The van der Waals surface area contributed by atoms with Crippen LogP contribution >= 0.6 is 0 Å². The van der Waals surface area contributed by atoms with Gasteiger partial charge in [0.25, 0.3) is 0 Å². The molecule has 7 rings (SSSR count). The van der Waals surface area contributed by atoms with Gasteiger partial charge in [0.05, 0.1) is 54.8 Å². The number of ether oxygens (including phenoxy) is 2. The topological polar surface area (TPSA) is 127 Å². The van der Waals surface area contributed by atoms with Crippen LogP contribution in [0, 0.1) is 12.7 Å². The van der Waals surface area contributed by atoms with Crippen LogP contribution in [0.5, 0.6) is 0 Å². The van der Waals surface area contributed by atoms with Crippen LogP contribution in [0.25, 0.3) is 22.3 Å². The van der Waals surface area contributed by atoms with Gasteiger partial charge in [-0.3, -0.25) is 5.32 Å². The second-order valence-electron chi connectivity index (χ2n) is 11.6. The number of para-hydroxylation sites is 1. The van der Waals surface area contributed by atoms with Gasteiger partial charge < -0.3 is 23.9 Å². The van der Waals surface area contributed by atoms with E-state index in [1.165, 1.54) is 25.3 Å². The van der Waals surface area contributed by atoms with Gasteiger partial charge in [-0.2, -0.15) is 0 Å². The van der Waals surface area contributed by atoms with Gasteiger partial charge in [0.15, 0.2) is 5.54 Å². The van der Waals surface area contributed by atoms with Crippen molar-refractivity contribution in [1.29, 1.82) is 0 Å². The first kappa shape index (κ1) is 27.9. The lowest BCUT2D eigenvalue weighted by Crippen LogP contribution is -2.53. The van der Waals surface area contributed by atoms with Crippen LogP contribution in [-0.2, 0) is 21.4 Å². The molecule has 4 aromatic heterocycles. The lowest BCUT2D eigenvalue weighted by Gasteiger charge is -2.39. The third kappa shape index (κ3) is 5.15. The SMILES string of the molecule is COCCOCC1(c2nnc(C3CCCCC3)o2)N[C@@H](c2ncc(-c3ccc(F)c(C)n3)[nH]2)Cc2c1[nH]c1ccccc21. The molecular weight excluding hydrogens is 549 g/mol. The number of aromatic amines is 2. The number of hydrogen-bond acceptors (Lipinski definition) is 8. The van der Waals surface area contributed by atoms with E-state index in [9.17, 15) is 4.39 Å². The molecule has 0 saturated heterocycles. The van der Waals surface area contributed by atoms with E-state index in [2.05, 4.69) is 42.6 Å². The second kappa shape index (κ2) is 11.6. The van der Waals surface area contributed by atoms with Crippen molar-refractivity contribution in [2.24, 2.45) is 0 Å². The monoisotopic (exact) mass is 585 g/mol. The Morgan fingerprint density at radius 2 is 1.91 bits per heavy atom. The molecule has 224 valence electrons. The first-order chi connectivity index (χ1) is 21.1. The van der Waals surface area contributed by atoms with E-state index in [0.29, 0.717) is 48.5 Å². The number of methoxy groups -OCH3 is 1. The first-order valence-corrected chi connectivity index (χ1v) is 15.0. The average molecular weight is 586 g/mol. The summed E-state index contributed by atoms with van der Waals surface area (Å²) in [7, 11) is 1.66. The number of rotatable bonds is 9. The lowest BCUT2D eigenvalue weighted by atomic mass is 9.83. The van der Waals surface area contributed by atoms with Crippen LogP contribution in [0.4, 0.5) is 4.39 Å². The number of imidazole rings is 1. The molecule has 0 radical (unpaired) electrons. The van der Waals surface area contributed by atoms with Crippen molar-refractivity contribution < 1.29 is 18.3 Å². The predicted molar refractivity (Wildman–Crippen MR) is 158 cm³/mol. The van der Waals surface area contributed by atoms with Crippen molar-refractivity contribution in [3.8, 4) is 11.4 Å². The Hall–Kier alpha value is -3.93. The van der Waals surface area contributed by atoms with E-state index in [-0.39, 0.29) is 24.4 Å². The van der Waals surface area contributed by atoms with Gasteiger partial charge in [-0.25, -0.2) is 14.4 Å². The molecule has 1 fully saturated rings. The number of pyridine rings is 1. The number of H-pyrrole nitrogens is 2.